The minimum atomic E-state index is -0.710. The number of alkyl carbamates (subject to hydrolysis) is 2. The molecule has 17 heteroatoms. The Bertz CT molecular complexity index is 2840. The summed E-state index contributed by atoms with van der Waals surface area (Å²) in [5.41, 5.74) is 6.62. The Kier molecular flexibility index (Phi) is 10.6. The van der Waals surface area contributed by atoms with Crippen LogP contribution in [0.2, 0.25) is 0 Å². The highest BCUT2D eigenvalue weighted by Gasteiger charge is 2.51. The van der Waals surface area contributed by atoms with E-state index in [1.54, 1.807) is 0 Å². The highest BCUT2D eigenvalue weighted by atomic mass is 16.5. The molecule has 6 saturated heterocycles. The third kappa shape index (κ3) is 7.34. The zero-order valence-corrected chi connectivity index (χ0v) is 38.8. The van der Waals surface area contributed by atoms with Crippen molar-refractivity contribution in [2.45, 2.75) is 145 Å². The molecule has 356 valence electrons. The molecule has 12 atom stereocenters. The molecule has 6 fully saturated rings. The molecule has 17 nitrogen and oxygen atoms in total. The summed E-state index contributed by atoms with van der Waals surface area (Å²) in [6.07, 6.45) is 8.12. The number of aromatic amines is 2. The smallest absolute Gasteiger partial charge is 0.407 e. The van der Waals surface area contributed by atoms with Crippen molar-refractivity contribution in [2.24, 2.45) is 11.8 Å². The van der Waals surface area contributed by atoms with Crippen molar-refractivity contribution in [2.75, 3.05) is 14.2 Å². The minimum absolute atomic E-state index is 0.00286. The molecule has 2 aromatic heterocycles. The van der Waals surface area contributed by atoms with E-state index in [-0.39, 0.29) is 72.2 Å². The van der Waals surface area contributed by atoms with E-state index in [2.05, 4.69) is 63.1 Å². The zero-order chi connectivity index (χ0) is 46.5. The summed E-state index contributed by atoms with van der Waals surface area (Å²) in [5.74, 6) is 1.93. The van der Waals surface area contributed by atoms with Gasteiger partial charge in [-0.15, -0.1) is 0 Å². The van der Waals surface area contributed by atoms with Crippen LogP contribution in [0.15, 0.2) is 48.7 Å². The van der Waals surface area contributed by atoms with Gasteiger partial charge in [-0.3, -0.25) is 9.59 Å². The Morgan fingerprint density at radius 1 is 0.721 bits per heavy atom. The lowest BCUT2D eigenvalue weighted by molar-refractivity contribution is -0.148. The largest absolute Gasteiger partial charge is 0.488 e. The molecule has 7 aliphatic heterocycles. The molecule has 2 unspecified atom stereocenters. The first-order chi connectivity index (χ1) is 33.0. The van der Waals surface area contributed by atoms with Crippen molar-refractivity contribution in [3.8, 4) is 28.1 Å². The van der Waals surface area contributed by atoms with Crippen molar-refractivity contribution in [1.29, 1.82) is 0 Å². The Morgan fingerprint density at radius 2 is 1.35 bits per heavy atom. The second-order valence-corrected chi connectivity index (χ2v) is 20.3. The van der Waals surface area contributed by atoms with E-state index in [0.29, 0.717) is 19.4 Å². The molecular formula is C51H58N8O9. The van der Waals surface area contributed by atoms with E-state index < -0.39 is 24.3 Å². The lowest BCUT2D eigenvalue weighted by Gasteiger charge is -2.44. The number of carbonyl (C=O) groups is 4. The van der Waals surface area contributed by atoms with Gasteiger partial charge in [0.15, 0.2) is 0 Å². The molecule has 0 radical (unpaired) electrons. The van der Waals surface area contributed by atoms with Gasteiger partial charge in [-0.05, 0) is 136 Å². The van der Waals surface area contributed by atoms with Crippen molar-refractivity contribution in [3.63, 3.8) is 0 Å². The molecule has 9 heterocycles. The van der Waals surface area contributed by atoms with Gasteiger partial charge < -0.3 is 54.1 Å². The number of nitrogens with zero attached hydrogens (tertiary/aromatic N) is 4. The van der Waals surface area contributed by atoms with Crippen LogP contribution in [0.1, 0.15) is 107 Å². The molecule has 12 rings (SSSR count). The maximum atomic E-state index is 14.5. The second-order valence-electron chi connectivity index (χ2n) is 20.3. The van der Waals surface area contributed by atoms with E-state index in [0.717, 1.165) is 119 Å². The van der Waals surface area contributed by atoms with E-state index in [9.17, 15) is 19.2 Å². The number of hydrogen-bond donors (Lipinski definition) is 4. The average molecular weight is 927 g/mol. The Hall–Kier alpha value is -6.20. The van der Waals surface area contributed by atoms with Crippen LogP contribution in [0.5, 0.6) is 5.75 Å². The van der Waals surface area contributed by atoms with Gasteiger partial charge in [-0.25, -0.2) is 19.6 Å². The summed E-state index contributed by atoms with van der Waals surface area (Å²) >= 11 is 0. The monoisotopic (exact) mass is 926 g/mol. The van der Waals surface area contributed by atoms with Crippen LogP contribution in [-0.4, -0.2) is 117 Å². The summed E-state index contributed by atoms with van der Waals surface area (Å²) < 4.78 is 29.2. The number of fused-ring (bicyclic) bond motifs is 12. The van der Waals surface area contributed by atoms with Gasteiger partial charge in [0.25, 0.3) is 0 Å². The van der Waals surface area contributed by atoms with E-state index >= 15 is 0 Å². The number of carbonyl (C=O) groups excluding carboxylic acids is 4. The first-order valence-electron chi connectivity index (χ1n) is 24.4. The van der Waals surface area contributed by atoms with Crippen LogP contribution in [-0.2, 0) is 35.1 Å². The first-order valence-corrected chi connectivity index (χ1v) is 24.4. The average Bonchev–Trinajstić information content (AvgIpc) is 4.16. The van der Waals surface area contributed by atoms with E-state index in [1.165, 1.54) is 14.2 Å². The molecule has 4 N–H and O–H groups in total. The maximum Gasteiger partial charge on any atom is 0.407 e. The standard InChI is InChI=1S/C51H58N8O9/c1-24-13-28-16-33(67-24)19-31-7-11-40(58(31)48(60)43(28)56-50(62)64-3)46-52-22-39(54-46)27-5-9-35-30(15-27)23-66-42-21-36-26(18-37(35)42)6-10-38-45(36)55-47(53-38)41-12-8-32-20-34-17-29(14-25(2)68-34)44(49(61)59(32)41)57-51(63)65-4/h5-6,9-10,15,18,21-22,24-25,28-29,31-34,40-41,43-44H,7-8,11-14,16-17,19-20,23H2,1-4H3,(H,52,54)(H,53,55)(H,56,62)(H,57,63)/t24-,25-,28+,29?,31-,32-,33+,34+,40+,41+,43?,44+/m1/s1. The Balaban J connectivity index is 0.806. The number of benzene rings is 3. The topological polar surface area (TPSA) is 202 Å². The van der Waals surface area contributed by atoms with Crippen LogP contribution in [0, 0.1) is 11.8 Å². The van der Waals surface area contributed by atoms with Gasteiger partial charge >= 0.3 is 12.2 Å². The van der Waals surface area contributed by atoms with Crippen LogP contribution in [0.3, 0.4) is 0 Å². The third-order valence-corrected chi connectivity index (χ3v) is 16.1. The molecule has 68 heavy (non-hydrogen) atoms. The predicted molar refractivity (Wildman–Crippen MR) is 248 cm³/mol. The fraction of sp³-hybridized carbons (Fsp3) is 0.529. The van der Waals surface area contributed by atoms with Crippen molar-refractivity contribution in [1.82, 2.24) is 40.4 Å². The quantitative estimate of drug-likeness (QED) is 0.137. The molecular weight excluding hydrogens is 869 g/mol. The molecule has 5 aromatic rings. The molecule has 7 aliphatic rings. The van der Waals surface area contributed by atoms with E-state index in [1.807, 2.05) is 29.8 Å². The van der Waals surface area contributed by atoms with Crippen LogP contribution in [0.25, 0.3) is 44.2 Å². The minimum Gasteiger partial charge on any atom is -0.488 e. The lowest BCUT2D eigenvalue weighted by Crippen LogP contribution is -2.58. The van der Waals surface area contributed by atoms with Gasteiger partial charge in [0.1, 0.15) is 36.1 Å². The van der Waals surface area contributed by atoms with Crippen LogP contribution < -0.4 is 15.4 Å². The Morgan fingerprint density at radius 3 is 1.99 bits per heavy atom. The summed E-state index contributed by atoms with van der Waals surface area (Å²) in [5, 5.41) is 7.75. The normalized spacial score (nSPS) is 31.9. The lowest BCUT2D eigenvalue weighted by atomic mass is 9.81. The van der Waals surface area contributed by atoms with Crippen molar-refractivity contribution >= 4 is 45.8 Å². The number of H-pyrrole nitrogens is 2. The second kappa shape index (κ2) is 16.8. The SMILES string of the molecule is COC(=O)NC1C(=O)N2[C@H](CC[C@H]2c2ncc(-c3ccc4c(c3)COc3cc5c(ccc6[nH]c([C@@H]7CC[C@@H]8C[C@@H]9CC(C[C@@H](C)O9)[C@H](NC(=O)OC)C(=O)N87)nc65)cc3-4)[nH]2)C[C@@H]2C[C@@H]1C[C@@H](C)O2. The first kappa shape index (κ1) is 43.1. The molecule has 0 aliphatic carbocycles. The third-order valence-electron chi connectivity index (χ3n) is 16.1. The number of aromatic nitrogens is 4. The van der Waals surface area contributed by atoms with Gasteiger partial charge in [0.2, 0.25) is 11.8 Å². The number of methoxy groups -OCH3 is 2. The fourth-order valence-corrected chi connectivity index (χ4v) is 13.2. The number of amides is 4. The molecule has 0 spiro atoms. The van der Waals surface area contributed by atoms with Gasteiger partial charge in [-0.2, -0.15) is 0 Å². The maximum absolute atomic E-state index is 14.5. The van der Waals surface area contributed by atoms with Crippen LogP contribution >= 0.6 is 0 Å². The molecule has 4 amide bonds. The highest BCUT2D eigenvalue weighted by molar-refractivity contribution is 6.07. The molecule has 0 saturated carbocycles. The number of hydrogen-bond acceptors (Lipinski definition) is 11. The zero-order valence-electron chi connectivity index (χ0n) is 38.8. The summed E-state index contributed by atoms with van der Waals surface area (Å²) in [7, 11) is 2.65. The summed E-state index contributed by atoms with van der Waals surface area (Å²) in [6.45, 7) is 4.46. The van der Waals surface area contributed by atoms with E-state index in [4.69, 9.17) is 33.7 Å². The number of ether oxygens (including phenoxy) is 5. The predicted octanol–water partition coefficient (Wildman–Crippen LogP) is 7.35. The fourth-order valence-electron chi connectivity index (χ4n) is 13.2. The number of nitrogens with one attached hydrogen (secondary N) is 4. The van der Waals surface area contributed by atoms with Gasteiger partial charge in [0, 0.05) is 23.0 Å². The molecule has 3 aromatic carbocycles. The Labute approximate surface area is 393 Å². The van der Waals surface area contributed by atoms with Gasteiger partial charge in [0.05, 0.1) is 73.6 Å². The number of imidazole rings is 2. The summed E-state index contributed by atoms with van der Waals surface area (Å²) in [4.78, 5) is 75.2. The highest BCUT2D eigenvalue weighted by Crippen LogP contribution is 2.47. The van der Waals surface area contributed by atoms with Crippen molar-refractivity contribution < 1.29 is 42.9 Å². The van der Waals surface area contributed by atoms with Crippen LogP contribution in [0.4, 0.5) is 9.59 Å². The summed E-state index contributed by atoms with van der Waals surface area (Å²) in [6, 6.07) is 12.7. The van der Waals surface area contributed by atoms with Gasteiger partial charge in [-0.1, -0.05) is 18.2 Å². The number of rotatable bonds is 5. The molecule has 4 bridgehead atoms. The van der Waals surface area contributed by atoms with Crippen molar-refractivity contribution in [3.05, 3.63) is 65.9 Å².